The van der Waals surface area contributed by atoms with Gasteiger partial charge in [-0.15, -0.1) is 11.8 Å². The lowest BCUT2D eigenvalue weighted by Gasteiger charge is -2.36. The van der Waals surface area contributed by atoms with Crippen molar-refractivity contribution in [3.8, 4) is 11.1 Å². The maximum Gasteiger partial charge on any atom is 0.418 e. The van der Waals surface area contributed by atoms with Crippen molar-refractivity contribution < 1.29 is 35.9 Å². The largest absolute Gasteiger partial charge is 0.465 e. The van der Waals surface area contributed by atoms with Gasteiger partial charge < -0.3 is 19.9 Å². The first-order valence-corrected chi connectivity index (χ1v) is 22.4. The SMILES string of the molecule is COC(=O)c1cc(S(=O)(=O)NC(=O)c2ccc(N3CCN(Cc4ccccc4-c4ccc(Cl)cc4)CC3)cc2)cc(C(F)(F)F)c1NC(CCN(C)C)CSc1ccccc1. The molecule has 1 unspecified atom stereocenters. The van der Waals surface area contributed by atoms with Crippen LogP contribution in [0.15, 0.2) is 125 Å². The van der Waals surface area contributed by atoms with E-state index in [4.69, 9.17) is 16.3 Å². The fourth-order valence-corrected chi connectivity index (χ4v) is 9.13. The summed E-state index contributed by atoms with van der Waals surface area (Å²) in [5.74, 6) is -1.90. The minimum Gasteiger partial charge on any atom is -0.465 e. The highest BCUT2D eigenvalue weighted by atomic mass is 35.5. The van der Waals surface area contributed by atoms with Crippen LogP contribution in [0.2, 0.25) is 5.02 Å². The zero-order valence-electron chi connectivity index (χ0n) is 33.9. The Morgan fingerprint density at radius 2 is 1.54 bits per heavy atom. The second-order valence-corrected chi connectivity index (χ2v) is 18.1. The number of hydrogen-bond acceptors (Lipinski definition) is 10. The Bertz CT molecular complexity index is 2400. The topological polar surface area (TPSA) is 111 Å². The molecule has 1 aliphatic heterocycles. The Morgan fingerprint density at radius 3 is 2.18 bits per heavy atom. The van der Waals surface area contributed by atoms with E-state index in [1.54, 1.807) is 12.1 Å². The molecule has 2 N–H and O–H groups in total. The predicted molar refractivity (Wildman–Crippen MR) is 236 cm³/mol. The van der Waals surface area contributed by atoms with Crippen LogP contribution >= 0.6 is 23.4 Å². The molecule has 5 aromatic rings. The molecule has 61 heavy (non-hydrogen) atoms. The second kappa shape index (κ2) is 20.2. The molecule has 0 bridgehead atoms. The number of piperazine rings is 1. The molecule has 0 saturated carbocycles. The van der Waals surface area contributed by atoms with Gasteiger partial charge in [0.1, 0.15) is 0 Å². The minimum atomic E-state index is -5.09. The van der Waals surface area contributed by atoms with Crippen LogP contribution in [0.3, 0.4) is 0 Å². The Balaban J connectivity index is 1.15. The number of carbonyl (C=O) groups excluding carboxylic acids is 2. The summed E-state index contributed by atoms with van der Waals surface area (Å²) in [5.41, 5.74) is 1.60. The van der Waals surface area contributed by atoms with E-state index in [0.717, 1.165) is 54.5 Å². The van der Waals surface area contributed by atoms with E-state index in [1.807, 2.05) is 90.4 Å². The molecule has 1 aliphatic rings. The molecule has 0 aliphatic carbocycles. The van der Waals surface area contributed by atoms with Crippen LogP contribution in [0.4, 0.5) is 24.5 Å². The van der Waals surface area contributed by atoms with Gasteiger partial charge in [-0.3, -0.25) is 9.69 Å². The summed E-state index contributed by atoms with van der Waals surface area (Å²) in [7, 11) is -0.266. The molecule has 10 nitrogen and oxygen atoms in total. The number of nitrogens with zero attached hydrogens (tertiary/aromatic N) is 3. The summed E-state index contributed by atoms with van der Waals surface area (Å²) in [6.45, 7) is 4.25. The number of alkyl halides is 3. The number of benzene rings is 5. The maximum atomic E-state index is 14.8. The molecule has 1 saturated heterocycles. The zero-order chi connectivity index (χ0) is 43.7. The molecule has 0 radical (unpaired) electrons. The standard InChI is InChI=1S/C45H47ClF3N5O5S2/c1-52(2)22-21-35(30-60-37-10-5-4-6-11-37)50-42-40(44(56)59-3)27-38(28-41(42)45(47,48)49)61(57,58)51-43(55)32-15-19-36(20-16-32)54-25-23-53(24-26-54)29-33-9-7-8-12-39(33)31-13-17-34(46)18-14-31/h4-20,27-28,35,50H,21-26,29-30H2,1-3H3,(H,51,55). The number of sulfonamides is 1. The number of nitrogens with one attached hydrogen (secondary N) is 2. The van der Waals surface area contributed by atoms with Crippen molar-refractivity contribution >= 4 is 56.6 Å². The van der Waals surface area contributed by atoms with Gasteiger partial charge in [0.25, 0.3) is 15.9 Å². The van der Waals surface area contributed by atoms with E-state index in [-0.39, 0.29) is 5.56 Å². The number of anilines is 2. The van der Waals surface area contributed by atoms with E-state index in [2.05, 4.69) is 27.2 Å². The van der Waals surface area contributed by atoms with Crippen molar-refractivity contribution in [2.45, 2.75) is 35.0 Å². The smallest absolute Gasteiger partial charge is 0.418 e. The van der Waals surface area contributed by atoms with Crippen LogP contribution < -0.4 is 14.9 Å². The molecule has 16 heteroatoms. The fourth-order valence-electron chi connectivity index (χ4n) is 6.99. The van der Waals surface area contributed by atoms with E-state index in [0.29, 0.717) is 42.9 Å². The maximum absolute atomic E-state index is 14.8. The van der Waals surface area contributed by atoms with E-state index in [1.165, 1.54) is 29.5 Å². The molecule has 1 heterocycles. The number of halogens is 4. The van der Waals surface area contributed by atoms with Gasteiger partial charge in [-0.1, -0.05) is 66.2 Å². The van der Waals surface area contributed by atoms with Crippen LogP contribution in [0.5, 0.6) is 0 Å². The van der Waals surface area contributed by atoms with Crippen LogP contribution in [-0.2, 0) is 27.5 Å². The highest BCUT2D eigenvalue weighted by Crippen LogP contribution is 2.40. The van der Waals surface area contributed by atoms with Crippen LogP contribution in [0, 0.1) is 0 Å². The van der Waals surface area contributed by atoms with E-state index in [9.17, 15) is 31.2 Å². The highest BCUT2D eigenvalue weighted by Gasteiger charge is 2.39. The normalized spacial score (nSPS) is 14.1. The first kappa shape index (κ1) is 45.5. The van der Waals surface area contributed by atoms with E-state index < -0.39 is 55.8 Å². The Hall–Kier alpha value is -5.06. The molecular formula is C45H47ClF3N5O5S2. The number of hydrogen-bond donors (Lipinski definition) is 2. The van der Waals surface area contributed by atoms with Gasteiger partial charge in [-0.2, -0.15) is 13.2 Å². The molecule has 0 aromatic heterocycles. The third-order valence-corrected chi connectivity index (χ3v) is 13.0. The van der Waals surface area contributed by atoms with Crippen molar-refractivity contribution in [2.75, 3.05) is 69.9 Å². The van der Waals surface area contributed by atoms with Gasteiger partial charge in [0, 0.05) is 65.7 Å². The number of carbonyl (C=O) groups is 2. The minimum absolute atomic E-state index is 0.0214. The first-order chi connectivity index (χ1) is 29.1. The fraction of sp³-hybridized carbons (Fsp3) is 0.289. The monoisotopic (exact) mass is 893 g/mol. The summed E-state index contributed by atoms with van der Waals surface area (Å²) in [6.07, 6.45) is -4.70. The molecule has 6 rings (SSSR count). The molecule has 1 amide bonds. The Kier molecular flexibility index (Phi) is 15.1. The van der Waals surface area contributed by atoms with Crippen LogP contribution in [-0.4, -0.2) is 95.8 Å². The number of esters is 1. The van der Waals surface area contributed by atoms with Crippen LogP contribution in [0.1, 0.15) is 38.3 Å². The van der Waals surface area contributed by atoms with Gasteiger partial charge >= 0.3 is 12.1 Å². The molecule has 0 spiro atoms. The van der Waals surface area contributed by atoms with Gasteiger partial charge in [0.15, 0.2) is 0 Å². The van der Waals surface area contributed by atoms with Gasteiger partial charge in [-0.25, -0.2) is 17.9 Å². The average Bonchev–Trinajstić information content (AvgIpc) is 3.25. The quantitative estimate of drug-likeness (QED) is 0.0737. The second-order valence-electron chi connectivity index (χ2n) is 14.8. The van der Waals surface area contributed by atoms with Crippen LogP contribution in [0.25, 0.3) is 11.1 Å². The lowest BCUT2D eigenvalue weighted by atomic mass is 9.99. The summed E-state index contributed by atoms with van der Waals surface area (Å²) in [5, 5.41) is 3.58. The number of thioether (sulfide) groups is 1. The average molecular weight is 894 g/mol. The first-order valence-electron chi connectivity index (χ1n) is 19.5. The molecular weight excluding hydrogens is 847 g/mol. The Labute approximate surface area is 364 Å². The third-order valence-electron chi connectivity index (χ3n) is 10.3. The number of ether oxygens (including phenoxy) is 1. The molecule has 322 valence electrons. The summed E-state index contributed by atoms with van der Waals surface area (Å²) < 4.78 is 78.4. The van der Waals surface area contributed by atoms with Crippen molar-refractivity contribution in [3.63, 3.8) is 0 Å². The van der Waals surface area contributed by atoms with Gasteiger partial charge in [-0.05, 0) is 104 Å². The third kappa shape index (κ3) is 12.1. The lowest BCUT2D eigenvalue weighted by molar-refractivity contribution is -0.137. The lowest BCUT2D eigenvalue weighted by Crippen LogP contribution is -2.46. The summed E-state index contributed by atoms with van der Waals surface area (Å²) >= 11 is 7.53. The van der Waals surface area contributed by atoms with Crippen molar-refractivity contribution in [1.29, 1.82) is 0 Å². The van der Waals surface area contributed by atoms with Gasteiger partial charge in [0.2, 0.25) is 0 Å². The van der Waals surface area contributed by atoms with E-state index >= 15 is 0 Å². The summed E-state index contributed by atoms with van der Waals surface area (Å²) in [4.78, 5) is 32.8. The van der Waals surface area contributed by atoms with Crippen molar-refractivity contribution in [1.82, 2.24) is 14.5 Å². The highest BCUT2D eigenvalue weighted by molar-refractivity contribution is 7.99. The van der Waals surface area contributed by atoms with Crippen molar-refractivity contribution in [3.05, 3.63) is 143 Å². The molecule has 1 fully saturated rings. The predicted octanol–water partition coefficient (Wildman–Crippen LogP) is 8.78. The van der Waals surface area contributed by atoms with Gasteiger partial charge in [0.05, 0.1) is 28.8 Å². The molecule has 5 aromatic carbocycles. The zero-order valence-corrected chi connectivity index (χ0v) is 36.3. The number of amides is 1. The number of rotatable bonds is 16. The van der Waals surface area contributed by atoms with Crippen molar-refractivity contribution in [2.24, 2.45) is 0 Å². The number of methoxy groups -OCH3 is 1. The summed E-state index contributed by atoms with van der Waals surface area (Å²) in [6, 6.07) is 32.3. The Morgan fingerprint density at radius 1 is 0.885 bits per heavy atom. The molecule has 1 atom stereocenters.